The first kappa shape index (κ1) is 16.3. The second-order valence-electron chi connectivity index (χ2n) is 5.44. The minimum atomic E-state index is -0.468. The van der Waals surface area contributed by atoms with Crippen molar-refractivity contribution in [2.75, 3.05) is 0 Å². The van der Waals surface area contributed by atoms with Crippen molar-refractivity contribution in [3.05, 3.63) is 82.1 Å². The summed E-state index contributed by atoms with van der Waals surface area (Å²) in [5, 5.41) is 13.6. The van der Waals surface area contributed by atoms with Gasteiger partial charge in [0.1, 0.15) is 12.1 Å². The second-order valence-corrected chi connectivity index (χ2v) is 5.44. The molecule has 3 aromatic rings. The van der Waals surface area contributed by atoms with Crippen LogP contribution in [-0.4, -0.2) is 25.4 Å². The van der Waals surface area contributed by atoms with E-state index >= 15 is 0 Å². The molecule has 25 heavy (non-hydrogen) atoms. The average Bonchev–Trinajstić information content (AvgIpc) is 3.14. The topological polar surface area (TPSA) is 103 Å². The zero-order valence-corrected chi connectivity index (χ0v) is 13.4. The predicted octanol–water partition coefficient (Wildman–Crippen LogP) is 2.41. The Kier molecular flexibility index (Phi) is 4.51. The number of pyridine rings is 1. The molecule has 1 N–H and O–H groups in total. The number of hydrogen-bond donors (Lipinski definition) is 1. The third-order valence-corrected chi connectivity index (χ3v) is 3.69. The van der Waals surface area contributed by atoms with Crippen LogP contribution in [0.1, 0.15) is 21.5 Å². The number of carbonyl (C=O) groups excluding carboxylic acids is 1. The van der Waals surface area contributed by atoms with Crippen LogP contribution in [0.4, 0.5) is 5.69 Å². The number of aryl methyl sites for hydroxylation is 1. The summed E-state index contributed by atoms with van der Waals surface area (Å²) in [6.07, 6.45) is 6.79. The van der Waals surface area contributed by atoms with Crippen molar-refractivity contribution in [3.63, 3.8) is 0 Å². The fourth-order valence-electron chi connectivity index (χ4n) is 2.35. The van der Waals surface area contributed by atoms with Crippen LogP contribution in [0.2, 0.25) is 0 Å². The number of aromatic nitrogens is 3. The molecule has 2 heterocycles. The van der Waals surface area contributed by atoms with Crippen molar-refractivity contribution in [1.29, 1.82) is 0 Å². The monoisotopic (exact) mass is 337 g/mol. The molecular weight excluding hydrogens is 322 g/mol. The first-order valence-corrected chi connectivity index (χ1v) is 7.51. The fourth-order valence-corrected chi connectivity index (χ4v) is 2.35. The highest BCUT2D eigenvalue weighted by atomic mass is 16.6. The van der Waals surface area contributed by atoms with E-state index in [1.54, 1.807) is 36.4 Å². The van der Waals surface area contributed by atoms with E-state index in [2.05, 4.69) is 15.3 Å². The lowest BCUT2D eigenvalue weighted by atomic mass is 10.1. The van der Waals surface area contributed by atoms with Gasteiger partial charge in [0.05, 0.1) is 4.92 Å². The largest absolute Gasteiger partial charge is 0.348 e. The number of nitro groups is 1. The van der Waals surface area contributed by atoms with Crippen LogP contribution < -0.4 is 5.32 Å². The molecule has 1 aromatic carbocycles. The molecule has 0 fully saturated rings. The van der Waals surface area contributed by atoms with Gasteiger partial charge in [-0.05, 0) is 30.7 Å². The summed E-state index contributed by atoms with van der Waals surface area (Å²) in [7, 11) is 0. The van der Waals surface area contributed by atoms with Gasteiger partial charge < -0.3 is 5.32 Å². The molecular formula is C17H15N5O3. The summed E-state index contributed by atoms with van der Waals surface area (Å²) in [4.78, 5) is 30.8. The Bertz CT molecular complexity index is 905. The van der Waals surface area contributed by atoms with E-state index in [-0.39, 0.29) is 11.6 Å². The third kappa shape index (κ3) is 3.69. The van der Waals surface area contributed by atoms with E-state index in [0.29, 0.717) is 17.7 Å². The zero-order valence-electron chi connectivity index (χ0n) is 13.4. The molecule has 0 saturated heterocycles. The molecule has 3 rings (SSSR count). The van der Waals surface area contributed by atoms with Gasteiger partial charge in [-0.1, -0.05) is 6.07 Å². The van der Waals surface area contributed by atoms with Gasteiger partial charge >= 0.3 is 0 Å². The summed E-state index contributed by atoms with van der Waals surface area (Å²) >= 11 is 0. The fraction of sp³-hybridized carbons (Fsp3) is 0.118. The normalized spacial score (nSPS) is 10.4. The lowest BCUT2D eigenvalue weighted by Crippen LogP contribution is -2.23. The molecule has 0 radical (unpaired) electrons. The minimum Gasteiger partial charge on any atom is -0.348 e. The van der Waals surface area contributed by atoms with Gasteiger partial charge in [0.15, 0.2) is 0 Å². The van der Waals surface area contributed by atoms with Crippen LogP contribution in [-0.2, 0) is 6.54 Å². The lowest BCUT2D eigenvalue weighted by molar-refractivity contribution is -0.385. The van der Waals surface area contributed by atoms with E-state index < -0.39 is 4.92 Å². The van der Waals surface area contributed by atoms with Crippen molar-refractivity contribution >= 4 is 11.6 Å². The number of hydrogen-bond acceptors (Lipinski definition) is 5. The van der Waals surface area contributed by atoms with Crippen molar-refractivity contribution in [1.82, 2.24) is 19.9 Å². The highest BCUT2D eigenvalue weighted by Gasteiger charge is 2.13. The van der Waals surface area contributed by atoms with Crippen LogP contribution in [0.25, 0.3) is 5.82 Å². The van der Waals surface area contributed by atoms with Gasteiger partial charge in [-0.25, -0.2) is 9.97 Å². The van der Waals surface area contributed by atoms with Gasteiger partial charge in [0.2, 0.25) is 0 Å². The number of imidazole rings is 1. The Balaban J connectivity index is 1.64. The molecule has 0 spiro atoms. The number of rotatable bonds is 5. The summed E-state index contributed by atoms with van der Waals surface area (Å²) in [5.41, 5.74) is 1.67. The lowest BCUT2D eigenvalue weighted by Gasteiger charge is -2.07. The van der Waals surface area contributed by atoms with Crippen molar-refractivity contribution in [2.24, 2.45) is 0 Å². The highest BCUT2D eigenvalue weighted by molar-refractivity contribution is 5.94. The first-order chi connectivity index (χ1) is 12.0. The highest BCUT2D eigenvalue weighted by Crippen LogP contribution is 2.18. The summed E-state index contributed by atoms with van der Waals surface area (Å²) < 4.78 is 1.78. The number of nitro benzene ring substituents is 1. The molecule has 0 atom stereocenters. The van der Waals surface area contributed by atoms with Crippen LogP contribution in [0.5, 0.6) is 0 Å². The van der Waals surface area contributed by atoms with Crippen LogP contribution >= 0.6 is 0 Å². The van der Waals surface area contributed by atoms with Crippen LogP contribution in [0.15, 0.2) is 55.2 Å². The maximum atomic E-state index is 12.2. The second kappa shape index (κ2) is 6.91. The third-order valence-electron chi connectivity index (χ3n) is 3.69. The van der Waals surface area contributed by atoms with Gasteiger partial charge in [0, 0.05) is 42.3 Å². The van der Waals surface area contributed by atoms with E-state index in [0.717, 1.165) is 11.4 Å². The number of benzene rings is 1. The molecule has 0 saturated carbocycles. The number of nitrogens with zero attached hydrogens (tertiary/aromatic N) is 4. The summed E-state index contributed by atoms with van der Waals surface area (Å²) in [6.45, 7) is 1.92. The van der Waals surface area contributed by atoms with Crippen molar-refractivity contribution in [3.8, 4) is 5.82 Å². The molecule has 126 valence electrons. The predicted molar refractivity (Wildman–Crippen MR) is 90.4 cm³/mol. The van der Waals surface area contributed by atoms with Crippen molar-refractivity contribution in [2.45, 2.75) is 13.5 Å². The Morgan fingerprint density at radius 1 is 1.32 bits per heavy atom. The maximum Gasteiger partial charge on any atom is 0.272 e. The van der Waals surface area contributed by atoms with Gasteiger partial charge in [-0.2, -0.15) is 0 Å². The van der Waals surface area contributed by atoms with E-state index in [1.165, 1.54) is 18.2 Å². The first-order valence-electron chi connectivity index (χ1n) is 7.51. The van der Waals surface area contributed by atoms with E-state index in [1.807, 2.05) is 12.1 Å². The Morgan fingerprint density at radius 3 is 2.76 bits per heavy atom. The summed E-state index contributed by atoms with van der Waals surface area (Å²) in [5.74, 6) is 0.440. The number of nitrogens with one attached hydrogen (secondary N) is 1. The molecule has 0 aliphatic heterocycles. The molecule has 0 aliphatic carbocycles. The average molecular weight is 337 g/mol. The molecule has 0 aliphatic rings. The molecule has 8 heteroatoms. The van der Waals surface area contributed by atoms with E-state index in [4.69, 9.17) is 0 Å². The van der Waals surface area contributed by atoms with Gasteiger partial charge in [-0.15, -0.1) is 0 Å². The quantitative estimate of drug-likeness (QED) is 0.569. The standard InChI is InChI=1S/C17H15N5O3/c1-12-8-14(3-4-15(12)22(24)25)17(23)20-10-13-2-5-16(19-9-13)21-7-6-18-11-21/h2-9,11H,10H2,1H3,(H,20,23). The molecule has 0 unspecified atom stereocenters. The Morgan fingerprint density at radius 2 is 2.16 bits per heavy atom. The summed E-state index contributed by atoms with van der Waals surface area (Å²) in [6, 6.07) is 7.99. The number of amides is 1. The van der Waals surface area contributed by atoms with Gasteiger partial charge in [-0.3, -0.25) is 19.5 Å². The molecule has 8 nitrogen and oxygen atoms in total. The smallest absolute Gasteiger partial charge is 0.272 e. The molecule has 2 aromatic heterocycles. The molecule has 0 bridgehead atoms. The molecule has 1 amide bonds. The van der Waals surface area contributed by atoms with E-state index in [9.17, 15) is 14.9 Å². The Hall–Kier alpha value is -3.55. The SMILES string of the molecule is Cc1cc(C(=O)NCc2ccc(-n3ccnc3)nc2)ccc1[N+](=O)[O-]. The van der Waals surface area contributed by atoms with Crippen LogP contribution in [0.3, 0.4) is 0 Å². The van der Waals surface area contributed by atoms with Crippen molar-refractivity contribution < 1.29 is 9.72 Å². The van der Waals surface area contributed by atoms with Crippen LogP contribution in [0, 0.1) is 17.0 Å². The Labute approximate surface area is 143 Å². The van der Waals surface area contributed by atoms with Gasteiger partial charge in [0.25, 0.3) is 11.6 Å². The maximum absolute atomic E-state index is 12.2. The minimum absolute atomic E-state index is 0.00385. The zero-order chi connectivity index (χ0) is 17.8. The number of carbonyl (C=O) groups is 1.